The summed E-state index contributed by atoms with van der Waals surface area (Å²) in [5.41, 5.74) is 1.82. The van der Waals surface area contributed by atoms with Gasteiger partial charge in [0.1, 0.15) is 0 Å². The number of piperidine rings is 1. The number of anilines is 1. The quantitative estimate of drug-likeness (QED) is 0.885. The third-order valence-electron chi connectivity index (χ3n) is 5.92. The molecule has 5 nitrogen and oxygen atoms in total. The number of carbonyl (C=O) groups excluding carboxylic acids is 1. The summed E-state index contributed by atoms with van der Waals surface area (Å²) >= 11 is 0. The molecule has 0 bridgehead atoms. The Labute approximate surface area is 149 Å². The van der Waals surface area contributed by atoms with Gasteiger partial charge in [-0.05, 0) is 63.1 Å². The molecule has 0 unspecified atom stereocenters. The lowest BCUT2D eigenvalue weighted by atomic mass is 9.74. The van der Waals surface area contributed by atoms with E-state index in [1.165, 1.54) is 19.3 Å². The lowest BCUT2D eigenvalue weighted by Gasteiger charge is -2.47. The molecule has 4 rings (SSSR count). The van der Waals surface area contributed by atoms with Gasteiger partial charge in [0.2, 0.25) is 0 Å². The number of rotatable bonds is 3. The number of aliphatic hydroxyl groups is 1. The van der Waals surface area contributed by atoms with Gasteiger partial charge in [-0.15, -0.1) is 0 Å². The molecule has 136 valence electrons. The summed E-state index contributed by atoms with van der Waals surface area (Å²) in [4.78, 5) is 14.5. The van der Waals surface area contributed by atoms with Crippen LogP contribution in [0, 0.1) is 0 Å². The van der Waals surface area contributed by atoms with Gasteiger partial charge in [-0.3, -0.25) is 4.79 Å². The first kappa shape index (κ1) is 16.9. The Morgan fingerprint density at radius 1 is 1.28 bits per heavy atom. The average Bonchev–Trinajstić information content (AvgIpc) is 2.60. The molecule has 25 heavy (non-hydrogen) atoms. The first-order chi connectivity index (χ1) is 12.1. The number of carbonyl (C=O) groups is 1. The summed E-state index contributed by atoms with van der Waals surface area (Å²) < 4.78 is 6.00. The zero-order chi connectivity index (χ0) is 17.3. The van der Waals surface area contributed by atoms with Crippen molar-refractivity contribution in [3.63, 3.8) is 0 Å². The van der Waals surface area contributed by atoms with Crippen LogP contribution in [0.5, 0.6) is 0 Å². The Morgan fingerprint density at radius 3 is 2.92 bits per heavy atom. The number of aliphatic hydroxyl groups excluding tert-OH is 1. The van der Waals surface area contributed by atoms with Crippen molar-refractivity contribution in [2.75, 3.05) is 25.0 Å². The number of ether oxygens (including phenoxy) is 1. The second-order valence-corrected chi connectivity index (χ2v) is 7.85. The molecule has 2 aliphatic heterocycles. The molecule has 1 aromatic carbocycles. The second kappa shape index (κ2) is 6.96. The van der Waals surface area contributed by atoms with Gasteiger partial charge in [0.05, 0.1) is 11.7 Å². The smallest absolute Gasteiger partial charge is 0.254 e. The molecule has 2 N–H and O–H groups in total. The third kappa shape index (κ3) is 3.67. The summed E-state index contributed by atoms with van der Waals surface area (Å²) in [5.74, 6) is 0.0184. The van der Waals surface area contributed by atoms with E-state index >= 15 is 0 Å². The Morgan fingerprint density at radius 2 is 2.16 bits per heavy atom. The van der Waals surface area contributed by atoms with Crippen LogP contribution in [0.2, 0.25) is 0 Å². The van der Waals surface area contributed by atoms with Crippen molar-refractivity contribution >= 4 is 11.6 Å². The Hall–Kier alpha value is -1.59. The molecule has 0 radical (unpaired) electrons. The normalized spacial score (nSPS) is 28.4. The van der Waals surface area contributed by atoms with Gasteiger partial charge in [0.25, 0.3) is 5.91 Å². The molecule has 2 heterocycles. The first-order valence-corrected chi connectivity index (χ1v) is 9.61. The fraction of sp³-hybridized carbons (Fsp3) is 0.650. The van der Waals surface area contributed by atoms with Crippen molar-refractivity contribution in [1.82, 2.24) is 4.90 Å². The van der Waals surface area contributed by atoms with Crippen molar-refractivity contribution < 1.29 is 14.6 Å². The number of nitrogens with one attached hydrogen (secondary N) is 1. The predicted octanol–water partition coefficient (Wildman–Crippen LogP) is 2.80. The third-order valence-corrected chi connectivity index (χ3v) is 5.92. The standard InChI is InChI=1S/C20H28N2O3/c23-18-6-2-10-22(14-18)19(24)15-4-1-5-16(12-15)21-17-7-11-25-20(13-17)8-3-9-20/h1,4-5,12,17-18,21,23H,2-3,6-11,13-14H2/t17-,18+/m1/s1. The molecule has 1 aliphatic carbocycles. The van der Waals surface area contributed by atoms with Gasteiger partial charge in [-0.2, -0.15) is 0 Å². The van der Waals surface area contributed by atoms with Crippen LogP contribution in [-0.4, -0.2) is 53.4 Å². The first-order valence-electron chi connectivity index (χ1n) is 9.61. The highest BCUT2D eigenvalue weighted by Crippen LogP contribution is 2.42. The lowest BCUT2D eigenvalue weighted by Crippen LogP contribution is -2.49. The Kier molecular flexibility index (Phi) is 4.69. The maximum absolute atomic E-state index is 12.7. The fourth-order valence-corrected chi connectivity index (χ4v) is 4.37. The molecule has 5 heteroatoms. The summed E-state index contributed by atoms with van der Waals surface area (Å²) in [5, 5.41) is 13.4. The minimum Gasteiger partial charge on any atom is -0.391 e. The minimum absolute atomic E-state index is 0.0184. The number of hydrogen-bond acceptors (Lipinski definition) is 4. The largest absolute Gasteiger partial charge is 0.391 e. The highest BCUT2D eigenvalue weighted by atomic mass is 16.5. The Balaban J connectivity index is 1.41. The number of hydrogen-bond donors (Lipinski definition) is 2. The van der Waals surface area contributed by atoms with E-state index in [1.54, 1.807) is 4.90 Å². The SMILES string of the molecule is O=C(c1cccc(N[C@@H]2CCOC3(CCC3)C2)c1)N1CCC[C@H](O)C1. The molecule has 1 spiro atoms. The summed E-state index contributed by atoms with van der Waals surface area (Å²) in [6, 6.07) is 8.20. The van der Waals surface area contributed by atoms with Crippen molar-refractivity contribution in [1.29, 1.82) is 0 Å². The molecule has 3 aliphatic rings. The van der Waals surface area contributed by atoms with E-state index in [0.717, 1.165) is 44.5 Å². The number of benzene rings is 1. The Bertz CT molecular complexity index is 629. The van der Waals surface area contributed by atoms with Crippen molar-refractivity contribution in [2.24, 2.45) is 0 Å². The van der Waals surface area contributed by atoms with Gasteiger partial charge < -0.3 is 20.1 Å². The zero-order valence-electron chi connectivity index (χ0n) is 14.7. The maximum Gasteiger partial charge on any atom is 0.254 e. The van der Waals surface area contributed by atoms with E-state index in [9.17, 15) is 9.90 Å². The van der Waals surface area contributed by atoms with Crippen LogP contribution in [0.4, 0.5) is 5.69 Å². The second-order valence-electron chi connectivity index (χ2n) is 7.85. The maximum atomic E-state index is 12.7. The summed E-state index contributed by atoms with van der Waals surface area (Å²) in [7, 11) is 0. The van der Waals surface area contributed by atoms with Crippen LogP contribution in [0.15, 0.2) is 24.3 Å². The van der Waals surface area contributed by atoms with E-state index in [-0.39, 0.29) is 17.6 Å². The van der Waals surface area contributed by atoms with Crippen LogP contribution in [0.1, 0.15) is 55.3 Å². The topological polar surface area (TPSA) is 61.8 Å². The van der Waals surface area contributed by atoms with Crippen molar-refractivity contribution in [3.8, 4) is 0 Å². The van der Waals surface area contributed by atoms with Crippen LogP contribution in [0.25, 0.3) is 0 Å². The monoisotopic (exact) mass is 344 g/mol. The van der Waals surface area contributed by atoms with E-state index in [1.807, 2.05) is 24.3 Å². The van der Waals surface area contributed by atoms with Gasteiger partial charge in [0, 0.05) is 37.0 Å². The van der Waals surface area contributed by atoms with Gasteiger partial charge in [-0.1, -0.05) is 6.07 Å². The molecule has 1 aromatic rings. The number of likely N-dealkylation sites (tertiary alicyclic amines) is 1. The van der Waals surface area contributed by atoms with E-state index in [0.29, 0.717) is 18.2 Å². The number of β-amino-alcohol motifs (C(OH)–C–C–N with tert-alkyl or cyclic N) is 1. The van der Waals surface area contributed by atoms with Crippen LogP contribution in [-0.2, 0) is 4.74 Å². The van der Waals surface area contributed by atoms with Crippen molar-refractivity contribution in [3.05, 3.63) is 29.8 Å². The fourth-order valence-electron chi connectivity index (χ4n) is 4.37. The van der Waals surface area contributed by atoms with Crippen LogP contribution >= 0.6 is 0 Å². The molecule has 2 atom stereocenters. The van der Waals surface area contributed by atoms with Crippen LogP contribution < -0.4 is 5.32 Å². The molecule has 3 fully saturated rings. The molecular weight excluding hydrogens is 316 g/mol. The highest BCUT2D eigenvalue weighted by molar-refractivity contribution is 5.95. The summed E-state index contributed by atoms with van der Waals surface area (Å²) in [6.45, 7) is 2.00. The van der Waals surface area contributed by atoms with Gasteiger partial charge >= 0.3 is 0 Å². The highest BCUT2D eigenvalue weighted by Gasteiger charge is 2.42. The van der Waals surface area contributed by atoms with Gasteiger partial charge in [0.15, 0.2) is 0 Å². The molecule has 0 aromatic heterocycles. The predicted molar refractivity (Wildman–Crippen MR) is 96.8 cm³/mol. The molecule has 2 saturated heterocycles. The number of nitrogens with zero attached hydrogens (tertiary/aromatic N) is 1. The lowest BCUT2D eigenvalue weighted by molar-refractivity contribution is -0.130. The van der Waals surface area contributed by atoms with Crippen molar-refractivity contribution in [2.45, 2.75) is 62.7 Å². The average molecular weight is 344 g/mol. The number of amides is 1. The van der Waals surface area contributed by atoms with E-state index in [4.69, 9.17) is 4.74 Å². The zero-order valence-corrected chi connectivity index (χ0v) is 14.7. The van der Waals surface area contributed by atoms with Gasteiger partial charge in [-0.25, -0.2) is 0 Å². The molecule has 1 saturated carbocycles. The summed E-state index contributed by atoms with van der Waals surface area (Å²) in [6.07, 6.45) is 6.98. The van der Waals surface area contributed by atoms with E-state index in [2.05, 4.69) is 5.32 Å². The molecule has 1 amide bonds. The molecular formula is C20H28N2O3. The minimum atomic E-state index is -0.389. The van der Waals surface area contributed by atoms with E-state index < -0.39 is 0 Å². The van der Waals surface area contributed by atoms with Crippen LogP contribution in [0.3, 0.4) is 0 Å².